The Kier molecular flexibility index (Phi) is 33.4. The molecule has 0 fully saturated rings. The molecular weight excluding hydrogens is 645 g/mol. The molecule has 0 saturated carbocycles. The highest BCUT2D eigenvalue weighted by atomic mass is 16.5. The number of hydrogen-bond donors (Lipinski definition) is 0. The van der Waals surface area contributed by atoms with E-state index in [2.05, 4.69) is 37.7 Å². The third kappa shape index (κ3) is 29.5. The Bertz CT molecular complexity index is 862. The highest BCUT2D eigenvalue weighted by Crippen LogP contribution is 2.15. The molecule has 0 bridgehead atoms. The molecule has 0 aliphatic rings. The fourth-order valence-electron chi connectivity index (χ4n) is 6.87. The summed E-state index contributed by atoms with van der Waals surface area (Å²) in [5.74, 6) is -0.704. The number of unbranched alkanes of at least 4 members (excludes halogenated alkanes) is 26. The Morgan fingerprint density at radius 1 is 0.385 bits per heavy atom. The largest absolute Gasteiger partial charge is 0.461 e. The summed E-state index contributed by atoms with van der Waals surface area (Å²) in [6.45, 7) is 8.80. The number of carbonyl (C=O) groups is 2. The summed E-state index contributed by atoms with van der Waals surface area (Å²) < 4.78 is 11.0. The first-order valence-corrected chi connectivity index (χ1v) is 22.3. The second-order valence-electron chi connectivity index (χ2n) is 15.6. The molecule has 0 atom stereocenters. The van der Waals surface area contributed by atoms with E-state index < -0.39 is 0 Å². The molecule has 52 heavy (non-hydrogen) atoms. The summed E-state index contributed by atoms with van der Waals surface area (Å²) in [5.41, 5.74) is 0.915. The Labute approximate surface area is 322 Å². The first-order chi connectivity index (χ1) is 25.5. The maximum atomic E-state index is 12.5. The standard InChI is InChI=1S/C46H84N2O4/c1-5-7-9-11-13-15-17-19-21-23-25-27-29-31-37-47(3)39-41-51-45(49)43-33-35-44(36-34-43)46(50)52-42-40-48(4)38-32-30-28-26-24-22-20-18-16-14-12-10-8-6-2/h33-36H,5-32,37-42H2,1-4H3. The van der Waals surface area contributed by atoms with Crippen molar-refractivity contribution in [2.75, 3.05) is 53.5 Å². The van der Waals surface area contributed by atoms with Crippen molar-refractivity contribution in [3.8, 4) is 0 Å². The van der Waals surface area contributed by atoms with E-state index in [0.29, 0.717) is 24.3 Å². The zero-order valence-electron chi connectivity index (χ0n) is 34.9. The molecule has 1 rings (SSSR count). The van der Waals surface area contributed by atoms with Crippen LogP contribution in [0.4, 0.5) is 0 Å². The highest BCUT2D eigenvalue weighted by molar-refractivity contribution is 5.93. The minimum atomic E-state index is -0.352. The summed E-state index contributed by atoms with van der Waals surface area (Å²) in [4.78, 5) is 29.5. The van der Waals surface area contributed by atoms with Gasteiger partial charge in [0.25, 0.3) is 0 Å². The van der Waals surface area contributed by atoms with Crippen LogP contribution in [0.25, 0.3) is 0 Å². The molecule has 0 aliphatic heterocycles. The van der Waals surface area contributed by atoms with Gasteiger partial charge in [-0.1, -0.05) is 181 Å². The number of rotatable bonds is 38. The first kappa shape index (κ1) is 48.1. The molecule has 0 aliphatic carbocycles. The van der Waals surface area contributed by atoms with Crippen molar-refractivity contribution in [2.45, 2.75) is 194 Å². The van der Waals surface area contributed by atoms with E-state index >= 15 is 0 Å². The van der Waals surface area contributed by atoms with Crippen molar-refractivity contribution in [2.24, 2.45) is 0 Å². The molecule has 1 aromatic rings. The minimum Gasteiger partial charge on any atom is -0.461 e. The van der Waals surface area contributed by atoms with Crippen LogP contribution in [-0.4, -0.2) is 75.2 Å². The number of likely N-dealkylation sites (N-methyl/N-ethyl adjacent to an activating group) is 2. The molecule has 0 aromatic heterocycles. The summed E-state index contributed by atoms with van der Waals surface area (Å²) in [6.07, 6.45) is 38.3. The van der Waals surface area contributed by atoms with Gasteiger partial charge in [-0.25, -0.2) is 9.59 Å². The molecular formula is C46H84N2O4. The molecule has 0 saturated heterocycles. The van der Waals surface area contributed by atoms with Crippen molar-refractivity contribution in [1.29, 1.82) is 0 Å². The quantitative estimate of drug-likeness (QED) is 0.0499. The van der Waals surface area contributed by atoms with Crippen LogP contribution in [-0.2, 0) is 9.47 Å². The van der Waals surface area contributed by atoms with Crippen LogP contribution in [0.5, 0.6) is 0 Å². The third-order valence-corrected chi connectivity index (χ3v) is 10.6. The SMILES string of the molecule is CCCCCCCCCCCCCCCCN(C)CCOC(=O)c1ccc(C(=O)OCCN(C)CCCCCCCCCCCCCCCC)cc1. The third-order valence-electron chi connectivity index (χ3n) is 10.6. The first-order valence-electron chi connectivity index (χ1n) is 22.3. The van der Waals surface area contributed by atoms with E-state index in [1.807, 2.05) is 0 Å². The molecule has 6 heteroatoms. The van der Waals surface area contributed by atoms with Gasteiger partial charge in [-0.15, -0.1) is 0 Å². The molecule has 302 valence electrons. The average molecular weight is 729 g/mol. The van der Waals surface area contributed by atoms with Gasteiger partial charge >= 0.3 is 11.9 Å². The zero-order chi connectivity index (χ0) is 37.7. The van der Waals surface area contributed by atoms with Crippen LogP contribution >= 0.6 is 0 Å². The number of benzene rings is 1. The zero-order valence-corrected chi connectivity index (χ0v) is 34.9. The van der Waals surface area contributed by atoms with E-state index in [4.69, 9.17) is 9.47 Å². The van der Waals surface area contributed by atoms with Crippen molar-refractivity contribution in [3.63, 3.8) is 0 Å². The van der Waals surface area contributed by atoms with Crippen molar-refractivity contribution >= 4 is 11.9 Å². The van der Waals surface area contributed by atoms with Crippen LogP contribution in [0, 0.1) is 0 Å². The van der Waals surface area contributed by atoms with Gasteiger partial charge in [-0.05, 0) is 64.3 Å². The minimum absolute atomic E-state index is 0.352. The maximum absolute atomic E-state index is 12.5. The summed E-state index contributed by atoms with van der Waals surface area (Å²) in [7, 11) is 4.18. The Morgan fingerprint density at radius 2 is 0.615 bits per heavy atom. The second kappa shape index (κ2) is 36.1. The van der Waals surface area contributed by atoms with Crippen LogP contribution < -0.4 is 0 Å². The molecule has 0 amide bonds. The van der Waals surface area contributed by atoms with E-state index in [0.717, 1.165) is 26.2 Å². The lowest BCUT2D eigenvalue weighted by molar-refractivity contribution is 0.0458. The van der Waals surface area contributed by atoms with E-state index in [-0.39, 0.29) is 11.9 Å². The van der Waals surface area contributed by atoms with E-state index in [1.165, 1.54) is 180 Å². The number of carbonyl (C=O) groups excluding carboxylic acids is 2. The van der Waals surface area contributed by atoms with Gasteiger partial charge in [0.15, 0.2) is 0 Å². The van der Waals surface area contributed by atoms with E-state index in [9.17, 15) is 9.59 Å². The predicted molar refractivity (Wildman–Crippen MR) is 223 cm³/mol. The average Bonchev–Trinajstić information content (AvgIpc) is 3.15. The van der Waals surface area contributed by atoms with Crippen molar-refractivity contribution < 1.29 is 19.1 Å². The second-order valence-corrected chi connectivity index (χ2v) is 15.6. The number of ether oxygens (including phenoxy) is 2. The topological polar surface area (TPSA) is 59.1 Å². The van der Waals surface area contributed by atoms with Gasteiger partial charge in [0, 0.05) is 13.1 Å². The summed E-state index contributed by atoms with van der Waals surface area (Å²) >= 11 is 0. The maximum Gasteiger partial charge on any atom is 0.338 e. The molecule has 0 unspecified atom stereocenters. The molecule has 0 spiro atoms. The normalized spacial score (nSPS) is 11.5. The van der Waals surface area contributed by atoms with Crippen LogP contribution in [0.3, 0.4) is 0 Å². The van der Waals surface area contributed by atoms with Gasteiger partial charge in [-0.3, -0.25) is 0 Å². The lowest BCUT2D eigenvalue weighted by atomic mass is 10.0. The van der Waals surface area contributed by atoms with Crippen molar-refractivity contribution in [1.82, 2.24) is 9.80 Å². The van der Waals surface area contributed by atoms with Gasteiger partial charge in [-0.2, -0.15) is 0 Å². The summed E-state index contributed by atoms with van der Waals surface area (Å²) in [5, 5.41) is 0. The highest BCUT2D eigenvalue weighted by Gasteiger charge is 2.12. The number of esters is 2. The van der Waals surface area contributed by atoms with Crippen molar-refractivity contribution in [3.05, 3.63) is 35.4 Å². The Hall–Kier alpha value is -1.92. The van der Waals surface area contributed by atoms with Gasteiger partial charge in [0.1, 0.15) is 13.2 Å². The van der Waals surface area contributed by atoms with Gasteiger partial charge < -0.3 is 19.3 Å². The predicted octanol–water partition coefficient (Wildman–Crippen LogP) is 12.8. The smallest absolute Gasteiger partial charge is 0.338 e. The fraction of sp³-hybridized carbons (Fsp3) is 0.826. The molecule has 0 heterocycles. The van der Waals surface area contributed by atoms with Crippen LogP contribution in [0.2, 0.25) is 0 Å². The molecule has 6 nitrogen and oxygen atoms in total. The number of nitrogens with zero attached hydrogens (tertiary/aromatic N) is 2. The molecule has 1 aromatic carbocycles. The summed E-state index contributed by atoms with van der Waals surface area (Å²) in [6, 6.07) is 6.61. The van der Waals surface area contributed by atoms with Crippen LogP contribution in [0.1, 0.15) is 214 Å². The fourth-order valence-corrected chi connectivity index (χ4v) is 6.87. The lowest BCUT2D eigenvalue weighted by Gasteiger charge is -2.16. The van der Waals surface area contributed by atoms with Gasteiger partial charge in [0.05, 0.1) is 11.1 Å². The number of hydrogen-bond acceptors (Lipinski definition) is 6. The Balaban J connectivity index is 1.99. The monoisotopic (exact) mass is 729 g/mol. The Morgan fingerprint density at radius 3 is 0.865 bits per heavy atom. The molecule has 0 N–H and O–H groups in total. The van der Waals surface area contributed by atoms with Crippen LogP contribution in [0.15, 0.2) is 24.3 Å². The lowest BCUT2D eigenvalue weighted by Crippen LogP contribution is -2.25. The van der Waals surface area contributed by atoms with E-state index in [1.54, 1.807) is 24.3 Å². The molecule has 0 radical (unpaired) electrons. The van der Waals surface area contributed by atoms with Gasteiger partial charge in [0.2, 0.25) is 0 Å².